The molecule has 114 valence electrons. The van der Waals surface area contributed by atoms with Crippen LogP contribution in [0.25, 0.3) is 0 Å². The summed E-state index contributed by atoms with van der Waals surface area (Å²) in [5.74, 6) is -0.551. The molecule has 6 nitrogen and oxygen atoms in total. The summed E-state index contributed by atoms with van der Waals surface area (Å²) < 4.78 is 5.71. The van der Waals surface area contributed by atoms with E-state index in [2.05, 4.69) is 0 Å². The number of aliphatic carboxylic acids is 1. The fourth-order valence-electron chi connectivity index (χ4n) is 2.32. The number of ether oxygens (including phenoxy) is 1. The number of fused-ring (bicyclic) bond motifs is 1. The van der Waals surface area contributed by atoms with Crippen molar-refractivity contribution in [2.45, 2.75) is 38.9 Å². The first kappa shape index (κ1) is 15.3. The van der Waals surface area contributed by atoms with Gasteiger partial charge in [0, 0.05) is 13.0 Å². The largest absolute Gasteiger partial charge is 0.481 e. The molecular formula is C15H19NO5. The third-order valence-corrected chi connectivity index (χ3v) is 3.40. The van der Waals surface area contributed by atoms with Gasteiger partial charge in [0.05, 0.1) is 12.3 Å². The van der Waals surface area contributed by atoms with E-state index in [0.29, 0.717) is 30.0 Å². The average molecular weight is 293 g/mol. The summed E-state index contributed by atoms with van der Waals surface area (Å²) in [7, 11) is 0. The Kier molecular flexibility index (Phi) is 4.18. The van der Waals surface area contributed by atoms with Crippen molar-refractivity contribution in [2.24, 2.45) is 0 Å². The van der Waals surface area contributed by atoms with Crippen molar-refractivity contribution in [2.75, 3.05) is 11.4 Å². The van der Waals surface area contributed by atoms with E-state index in [1.165, 1.54) is 0 Å². The zero-order chi connectivity index (χ0) is 15.6. The van der Waals surface area contributed by atoms with Crippen LogP contribution in [0.3, 0.4) is 0 Å². The highest BCUT2D eigenvalue weighted by Gasteiger charge is 2.40. The van der Waals surface area contributed by atoms with Gasteiger partial charge >= 0.3 is 5.97 Å². The van der Waals surface area contributed by atoms with Crippen molar-refractivity contribution in [1.29, 1.82) is 0 Å². The summed E-state index contributed by atoms with van der Waals surface area (Å²) in [4.78, 5) is 24.6. The Bertz CT molecular complexity index is 567. The van der Waals surface area contributed by atoms with Crippen LogP contribution in [0.4, 0.5) is 5.69 Å². The second-order valence-electron chi connectivity index (χ2n) is 5.53. The Morgan fingerprint density at radius 2 is 2.10 bits per heavy atom. The number of carboxylic acid groups (broad SMARTS) is 1. The van der Waals surface area contributed by atoms with Crippen LogP contribution in [0.5, 0.6) is 5.75 Å². The molecule has 1 aliphatic rings. The third kappa shape index (κ3) is 3.16. The van der Waals surface area contributed by atoms with E-state index in [4.69, 9.17) is 9.84 Å². The monoisotopic (exact) mass is 293 g/mol. The highest BCUT2D eigenvalue weighted by molar-refractivity contribution is 6.02. The number of carbonyl (C=O) groups is 2. The molecule has 1 heterocycles. The van der Waals surface area contributed by atoms with Gasteiger partial charge in [-0.25, -0.2) is 0 Å². The molecular weight excluding hydrogens is 274 g/mol. The van der Waals surface area contributed by atoms with E-state index in [1.807, 2.05) is 0 Å². The van der Waals surface area contributed by atoms with Crippen molar-refractivity contribution in [1.82, 2.24) is 0 Å². The van der Waals surface area contributed by atoms with Gasteiger partial charge in [-0.3, -0.25) is 9.59 Å². The number of benzene rings is 1. The molecule has 0 bridgehead atoms. The number of carbonyl (C=O) groups excluding carboxylic acids is 1. The summed E-state index contributed by atoms with van der Waals surface area (Å²) >= 11 is 0. The molecule has 0 spiro atoms. The minimum atomic E-state index is -1.01. The molecule has 1 aromatic carbocycles. The zero-order valence-electron chi connectivity index (χ0n) is 12.1. The lowest BCUT2D eigenvalue weighted by Gasteiger charge is -2.39. The lowest BCUT2D eigenvalue weighted by atomic mass is 10.0. The smallest absolute Gasteiger partial charge is 0.303 e. The Balaban J connectivity index is 2.30. The Labute approximate surface area is 122 Å². The zero-order valence-corrected chi connectivity index (χ0v) is 12.1. The van der Waals surface area contributed by atoms with Gasteiger partial charge in [-0.2, -0.15) is 0 Å². The molecule has 0 atom stereocenters. The summed E-state index contributed by atoms with van der Waals surface area (Å²) in [5, 5.41) is 17.9. The maximum Gasteiger partial charge on any atom is 0.303 e. The van der Waals surface area contributed by atoms with Gasteiger partial charge in [-0.05, 0) is 38.0 Å². The topological polar surface area (TPSA) is 87.1 Å². The van der Waals surface area contributed by atoms with Crippen LogP contribution in [-0.2, 0) is 16.2 Å². The molecule has 1 aliphatic heterocycles. The highest BCUT2D eigenvalue weighted by atomic mass is 16.5. The molecule has 2 rings (SSSR count). The van der Waals surface area contributed by atoms with Crippen LogP contribution < -0.4 is 9.64 Å². The van der Waals surface area contributed by atoms with Gasteiger partial charge in [0.15, 0.2) is 5.60 Å². The molecule has 6 heteroatoms. The quantitative estimate of drug-likeness (QED) is 0.860. The molecule has 0 unspecified atom stereocenters. The fraction of sp³-hybridized carbons (Fsp3) is 0.467. The number of aliphatic hydroxyl groups is 1. The fourth-order valence-corrected chi connectivity index (χ4v) is 2.32. The van der Waals surface area contributed by atoms with E-state index in [-0.39, 0.29) is 18.9 Å². The standard InChI is InChI=1S/C15H19NO5/c1-15(2)14(20)16(7-3-4-13(18)19)11-6-5-10(9-17)8-12(11)21-15/h5-6,8,17H,3-4,7,9H2,1-2H3,(H,18,19). The molecule has 1 amide bonds. The molecule has 0 aliphatic carbocycles. The first-order valence-corrected chi connectivity index (χ1v) is 6.81. The third-order valence-electron chi connectivity index (χ3n) is 3.40. The first-order valence-electron chi connectivity index (χ1n) is 6.81. The van der Waals surface area contributed by atoms with E-state index in [9.17, 15) is 14.7 Å². The number of hydrogen-bond donors (Lipinski definition) is 2. The van der Waals surface area contributed by atoms with Gasteiger partial charge < -0.3 is 19.8 Å². The molecule has 1 aromatic rings. The van der Waals surface area contributed by atoms with Crippen LogP contribution in [0.15, 0.2) is 18.2 Å². The maximum atomic E-state index is 12.4. The molecule has 0 radical (unpaired) electrons. The molecule has 0 aromatic heterocycles. The number of nitrogens with zero attached hydrogens (tertiary/aromatic N) is 1. The first-order chi connectivity index (χ1) is 9.85. The number of carboxylic acids is 1. The lowest BCUT2D eigenvalue weighted by molar-refractivity contribution is -0.137. The Hall–Kier alpha value is -2.08. The van der Waals surface area contributed by atoms with Crippen LogP contribution in [0.2, 0.25) is 0 Å². The normalized spacial score (nSPS) is 16.3. The number of anilines is 1. The summed E-state index contributed by atoms with van der Waals surface area (Å²) in [6.07, 6.45) is 0.382. The Morgan fingerprint density at radius 3 is 2.71 bits per heavy atom. The number of aliphatic hydroxyl groups excluding tert-OH is 1. The van der Waals surface area contributed by atoms with Gasteiger partial charge in [0.1, 0.15) is 5.75 Å². The molecule has 2 N–H and O–H groups in total. The summed E-state index contributed by atoms with van der Waals surface area (Å²) in [6, 6.07) is 5.14. The maximum absolute atomic E-state index is 12.4. The molecule has 0 saturated heterocycles. The van der Waals surface area contributed by atoms with Gasteiger partial charge in [-0.15, -0.1) is 0 Å². The van der Waals surface area contributed by atoms with Crippen molar-refractivity contribution in [3.63, 3.8) is 0 Å². The second-order valence-corrected chi connectivity index (χ2v) is 5.53. The van der Waals surface area contributed by atoms with Crippen LogP contribution in [0.1, 0.15) is 32.3 Å². The van der Waals surface area contributed by atoms with Crippen LogP contribution in [0, 0.1) is 0 Å². The minimum absolute atomic E-state index is 0.00905. The van der Waals surface area contributed by atoms with Crippen LogP contribution in [-0.4, -0.2) is 34.2 Å². The van der Waals surface area contributed by atoms with Crippen LogP contribution >= 0.6 is 0 Å². The summed E-state index contributed by atoms with van der Waals surface area (Å²) in [5.41, 5.74) is 0.302. The highest BCUT2D eigenvalue weighted by Crippen LogP contribution is 2.38. The minimum Gasteiger partial charge on any atom is -0.481 e. The van der Waals surface area contributed by atoms with Gasteiger partial charge in [-0.1, -0.05) is 6.07 Å². The predicted octanol–water partition coefficient (Wildman–Crippen LogP) is 1.55. The Morgan fingerprint density at radius 1 is 1.38 bits per heavy atom. The number of hydrogen-bond acceptors (Lipinski definition) is 4. The van der Waals surface area contributed by atoms with Crippen molar-refractivity contribution < 1.29 is 24.5 Å². The van der Waals surface area contributed by atoms with E-state index in [0.717, 1.165) is 0 Å². The van der Waals surface area contributed by atoms with E-state index in [1.54, 1.807) is 36.9 Å². The lowest BCUT2D eigenvalue weighted by Crippen LogP contribution is -2.52. The second kappa shape index (κ2) is 5.73. The average Bonchev–Trinajstić information content (AvgIpc) is 2.41. The predicted molar refractivity (Wildman–Crippen MR) is 76.3 cm³/mol. The van der Waals surface area contributed by atoms with E-state index < -0.39 is 11.6 Å². The van der Waals surface area contributed by atoms with Crippen molar-refractivity contribution in [3.8, 4) is 5.75 Å². The molecule has 0 fully saturated rings. The SMILES string of the molecule is CC1(C)Oc2cc(CO)ccc2N(CCCC(=O)O)C1=O. The summed E-state index contributed by atoms with van der Waals surface area (Å²) in [6.45, 7) is 3.57. The van der Waals surface area contributed by atoms with Gasteiger partial charge in [0.25, 0.3) is 5.91 Å². The van der Waals surface area contributed by atoms with Gasteiger partial charge in [0.2, 0.25) is 0 Å². The molecule has 21 heavy (non-hydrogen) atoms. The van der Waals surface area contributed by atoms with Crippen molar-refractivity contribution in [3.05, 3.63) is 23.8 Å². The molecule has 0 saturated carbocycles. The number of rotatable bonds is 5. The number of amides is 1. The van der Waals surface area contributed by atoms with E-state index >= 15 is 0 Å². The van der Waals surface area contributed by atoms with Crippen molar-refractivity contribution >= 4 is 17.6 Å².